The molecule has 0 saturated heterocycles. The number of nitrogens with one attached hydrogen (secondary N) is 2. The molecule has 2 aromatic rings. The van der Waals surface area contributed by atoms with Gasteiger partial charge in [0.15, 0.2) is 6.04 Å². The summed E-state index contributed by atoms with van der Waals surface area (Å²) in [5.74, 6) is -1.40. The van der Waals surface area contributed by atoms with Gasteiger partial charge in [0, 0.05) is 30.3 Å². The SMILES string of the molecule is CC(=O)O.CCc1ccc(OCCN)c(C(Nc2ccc(C(=N)N)cc2)C(=O)O)c1. The smallest absolute Gasteiger partial charge is 0.330 e. The summed E-state index contributed by atoms with van der Waals surface area (Å²) < 4.78 is 5.63. The number of nitrogens with two attached hydrogens (primary N) is 2. The van der Waals surface area contributed by atoms with Crippen LogP contribution < -0.4 is 21.5 Å². The Bertz CT molecular complexity index is 864. The van der Waals surface area contributed by atoms with Crippen LogP contribution in [-0.2, 0) is 16.0 Å². The number of aryl methyl sites for hydroxylation is 1. The lowest BCUT2D eigenvalue weighted by molar-refractivity contribution is -0.138. The van der Waals surface area contributed by atoms with Gasteiger partial charge >= 0.3 is 5.97 Å². The van der Waals surface area contributed by atoms with Gasteiger partial charge in [0.05, 0.1) is 0 Å². The Morgan fingerprint density at radius 2 is 1.77 bits per heavy atom. The summed E-state index contributed by atoms with van der Waals surface area (Å²) in [5, 5.41) is 27.6. The van der Waals surface area contributed by atoms with E-state index in [1.54, 1.807) is 30.3 Å². The fourth-order valence-corrected chi connectivity index (χ4v) is 2.53. The molecule has 162 valence electrons. The molecule has 9 heteroatoms. The molecule has 0 bridgehead atoms. The molecule has 0 radical (unpaired) electrons. The van der Waals surface area contributed by atoms with E-state index >= 15 is 0 Å². The van der Waals surface area contributed by atoms with Crippen molar-refractivity contribution in [2.24, 2.45) is 11.5 Å². The zero-order valence-electron chi connectivity index (χ0n) is 17.0. The second kappa shape index (κ2) is 12.1. The second-order valence-electron chi connectivity index (χ2n) is 6.29. The van der Waals surface area contributed by atoms with Crippen LogP contribution in [0.1, 0.15) is 36.6 Å². The molecule has 1 atom stereocenters. The molecule has 1 unspecified atom stereocenters. The summed E-state index contributed by atoms with van der Waals surface area (Å²) in [6.45, 7) is 3.73. The summed E-state index contributed by atoms with van der Waals surface area (Å²) in [4.78, 5) is 20.9. The van der Waals surface area contributed by atoms with Gasteiger partial charge < -0.3 is 31.7 Å². The number of ether oxygens (including phenoxy) is 1. The van der Waals surface area contributed by atoms with E-state index in [9.17, 15) is 9.90 Å². The number of aliphatic carboxylic acids is 2. The predicted octanol–water partition coefficient (Wildman–Crippen LogP) is 2.20. The number of carbonyl (C=O) groups is 2. The van der Waals surface area contributed by atoms with Crippen molar-refractivity contribution in [2.75, 3.05) is 18.5 Å². The average Bonchev–Trinajstić information content (AvgIpc) is 2.70. The standard InChI is InChI=1S/C19H24N4O3.C2H4O2/c1-2-12-3-8-16(26-10-9-20)15(11-12)17(19(24)25)23-14-6-4-13(5-7-14)18(21)22;1-2(3)4/h3-8,11,17,23H,2,9-10,20H2,1H3,(H3,21,22)(H,24,25);1H3,(H,3,4). The van der Waals surface area contributed by atoms with E-state index in [4.69, 9.17) is 31.5 Å². The van der Waals surface area contributed by atoms with Gasteiger partial charge in [-0.3, -0.25) is 10.2 Å². The van der Waals surface area contributed by atoms with Crippen LogP contribution in [0.25, 0.3) is 0 Å². The van der Waals surface area contributed by atoms with Crippen LogP contribution in [0.3, 0.4) is 0 Å². The molecule has 0 heterocycles. The van der Waals surface area contributed by atoms with Crippen LogP contribution in [0.15, 0.2) is 42.5 Å². The van der Waals surface area contributed by atoms with Crippen LogP contribution in [0.4, 0.5) is 5.69 Å². The molecule has 0 spiro atoms. The molecule has 0 aliphatic heterocycles. The number of benzene rings is 2. The normalized spacial score (nSPS) is 10.9. The minimum Gasteiger partial charge on any atom is -0.492 e. The second-order valence-corrected chi connectivity index (χ2v) is 6.29. The van der Waals surface area contributed by atoms with E-state index in [1.807, 2.05) is 19.1 Å². The topological polar surface area (TPSA) is 172 Å². The van der Waals surface area contributed by atoms with Crippen LogP contribution in [-0.4, -0.2) is 41.1 Å². The van der Waals surface area contributed by atoms with E-state index in [-0.39, 0.29) is 5.84 Å². The third kappa shape index (κ3) is 7.80. The van der Waals surface area contributed by atoms with Gasteiger partial charge in [-0.2, -0.15) is 0 Å². The molecule has 9 nitrogen and oxygen atoms in total. The Morgan fingerprint density at radius 3 is 2.23 bits per heavy atom. The minimum absolute atomic E-state index is 0.0422. The molecular weight excluding hydrogens is 388 g/mol. The number of hydrogen-bond acceptors (Lipinski definition) is 6. The Hall–Kier alpha value is -3.59. The Balaban J connectivity index is 0.00000103. The van der Waals surface area contributed by atoms with Gasteiger partial charge in [0.25, 0.3) is 5.97 Å². The van der Waals surface area contributed by atoms with Crippen LogP contribution >= 0.6 is 0 Å². The van der Waals surface area contributed by atoms with E-state index in [0.717, 1.165) is 18.9 Å². The van der Waals surface area contributed by atoms with Crippen LogP contribution in [0.5, 0.6) is 5.75 Å². The van der Waals surface area contributed by atoms with Crippen molar-refractivity contribution in [2.45, 2.75) is 26.3 Å². The molecule has 0 aliphatic carbocycles. The number of anilines is 1. The molecule has 0 fully saturated rings. The molecule has 0 saturated carbocycles. The van der Waals surface area contributed by atoms with Gasteiger partial charge in [-0.15, -0.1) is 0 Å². The summed E-state index contributed by atoms with van der Waals surface area (Å²) in [6.07, 6.45) is 0.782. The molecule has 30 heavy (non-hydrogen) atoms. The van der Waals surface area contributed by atoms with Gasteiger partial charge in [-0.25, -0.2) is 4.79 Å². The first-order valence-corrected chi connectivity index (χ1v) is 9.28. The third-order valence-corrected chi connectivity index (χ3v) is 3.92. The largest absolute Gasteiger partial charge is 0.492 e. The number of carboxylic acid groups (broad SMARTS) is 2. The maximum atomic E-state index is 11.9. The summed E-state index contributed by atoms with van der Waals surface area (Å²) >= 11 is 0. The quantitative estimate of drug-likeness (QED) is 0.267. The molecule has 0 amide bonds. The number of carboxylic acids is 2. The zero-order valence-corrected chi connectivity index (χ0v) is 17.0. The Morgan fingerprint density at radius 1 is 1.17 bits per heavy atom. The van der Waals surface area contributed by atoms with Crippen molar-refractivity contribution in [1.82, 2.24) is 0 Å². The maximum Gasteiger partial charge on any atom is 0.330 e. The molecular formula is C21H28N4O5. The number of hydrogen-bond donors (Lipinski definition) is 6. The number of amidine groups is 1. The van der Waals surface area contributed by atoms with Crippen molar-refractivity contribution in [3.63, 3.8) is 0 Å². The van der Waals surface area contributed by atoms with Gasteiger partial charge in [-0.05, 0) is 48.4 Å². The Labute approximate surface area is 175 Å². The summed E-state index contributed by atoms with van der Waals surface area (Å²) in [5.41, 5.74) is 13.7. The highest BCUT2D eigenvalue weighted by Crippen LogP contribution is 2.30. The van der Waals surface area contributed by atoms with Crippen molar-refractivity contribution in [3.8, 4) is 5.75 Å². The zero-order chi connectivity index (χ0) is 22.7. The Kier molecular flexibility index (Phi) is 9.84. The molecule has 2 aromatic carbocycles. The highest BCUT2D eigenvalue weighted by atomic mass is 16.5. The number of nitrogen functional groups attached to an aromatic ring is 1. The van der Waals surface area contributed by atoms with E-state index in [1.165, 1.54) is 0 Å². The van der Waals surface area contributed by atoms with Crippen molar-refractivity contribution in [1.29, 1.82) is 5.41 Å². The van der Waals surface area contributed by atoms with Gasteiger partial charge in [-0.1, -0.05) is 13.0 Å². The minimum atomic E-state index is -1.02. The molecule has 0 aliphatic rings. The van der Waals surface area contributed by atoms with Crippen molar-refractivity contribution in [3.05, 3.63) is 59.2 Å². The van der Waals surface area contributed by atoms with Crippen LogP contribution in [0, 0.1) is 5.41 Å². The number of rotatable bonds is 9. The first-order valence-electron chi connectivity index (χ1n) is 9.28. The highest BCUT2D eigenvalue weighted by Gasteiger charge is 2.24. The predicted molar refractivity (Wildman–Crippen MR) is 115 cm³/mol. The maximum absolute atomic E-state index is 11.9. The first kappa shape index (κ1) is 24.4. The summed E-state index contributed by atoms with van der Waals surface area (Å²) in [7, 11) is 0. The average molecular weight is 416 g/mol. The molecule has 2 rings (SSSR count). The monoisotopic (exact) mass is 416 g/mol. The van der Waals surface area contributed by atoms with E-state index in [2.05, 4.69) is 5.32 Å². The highest BCUT2D eigenvalue weighted by molar-refractivity contribution is 5.95. The first-order chi connectivity index (χ1) is 14.2. The fourth-order valence-electron chi connectivity index (χ4n) is 2.53. The van der Waals surface area contributed by atoms with E-state index < -0.39 is 18.0 Å². The van der Waals surface area contributed by atoms with Crippen molar-refractivity contribution >= 4 is 23.5 Å². The third-order valence-electron chi connectivity index (χ3n) is 3.92. The lowest BCUT2D eigenvalue weighted by Gasteiger charge is -2.20. The van der Waals surface area contributed by atoms with Gasteiger partial charge in [0.1, 0.15) is 18.2 Å². The fraction of sp³-hybridized carbons (Fsp3) is 0.286. The lowest BCUT2D eigenvalue weighted by atomic mass is 10.0. The van der Waals surface area contributed by atoms with Crippen molar-refractivity contribution < 1.29 is 24.5 Å². The lowest BCUT2D eigenvalue weighted by Crippen LogP contribution is -2.22. The van der Waals surface area contributed by atoms with Gasteiger partial charge in [0.2, 0.25) is 0 Å². The molecule has 8 N–H and O–H groups in total. The molecule has 0 aromatic heterocycles. The summed E-state index contributed by atoms with van der Waals surface area (Å²) in [6, 6.07) is 11.2. The van der Waals surface area contributed by atoms with Crippen LogP contribution in [0.2, 0.25) is 0 Å². The van der Waals surface area contributed by atoms with E-state index in [0.29, 0.717) is 35.7 Å².